The van der Waals surface area contributed by atoms with Crippen LogP contribution < -0.4 is 5.73 Å². The molecule has 11 heavy (non-hydrogen) atoms. The third kappa shape index (κ3) is 5.61. The molecular formula is C8H15NO2. The van der Waals surface area contributed by atoms with Gasteiger partial charge in [-0.1, -0.05) is 6.58 Å². The molecule has 0 spiro atoms. The van der Waals surface area contributed by atoms with Crippen LogP contribution in [0.15, 0.2) is 12.2 Å². The van der Waals surface area contributed by atoms with Gasteiger partial charge in [-0.3, -0.25) is 4.79 Å². The number of carbonyl (C=O) groups is 1. The van der Waals surface area contributed by atoms with E-state index in [1.165, 1.54) is 0 Å². The minimum Gasteiger partial charge on any atom is -0.378 e. The van der Waals surface area contributed by atoms with Crippen LogP contribution in [0.5, 0.6) is 0 Å². The van der Waals surface area contributed by atoms with E-state index in [0.717, 1.165) is 0 Å². The van der Waals surface area contributed by atoms with Crippen LogP contribution in [0.25, 0.3) is 0 Å². The summed E-state index contributed by atoms with van der Waals surface area (Å²) < 4.78 is 5.19. The smallest absolute Gasteiger partial charge is 0.244 e. The number of ether oxygens (including phenoxy) is 1. The average Bonchev–Trinajstić information content (AvgIpc) is 1.86. The van der Waals surface area contributed by atoms with Crippen LogP contribution in [0.4, 0.5) is 0 Å². The highest BCUT2D eigenvalue weighted by molar-refractivity contribution is 5.91. The summed E-state index contributed by atoms with van der Waals surface area (Å²) in [6.07, 6.45) is 0.712. The molecule has 0 rings (SSSR count). The Morgan fingerprint density at radius 2 is 2.18 bits per heavy atom. The van der Waals surface area contributed by atoms with Crippen molar-refractivity contribution in [3.8, 4) is 0 Å². The highest BCUT2D eigenvalue weighted by Gasteiger charge is 2.01. The topological polar surface area (TPSA) is 52.3 Å². The Morgan fingerprint density at radius 3 is 2.55 bits per heavy atom. The molecule has 0 radical (unpaired) electrons. The van der Waals surface area contributed by atoms with Crippen molar-refractivity contribution < 1.29 is 9.53 Å². The highest BCUT2D eigenvalue weighted by Crippen LogP contribution is 1.98. The van der Waals surface area contributed by atoms with Gasteiger partial charge in [-0.05, 0) is 13.8 Å². The molecule has 0 heterocycles. The SMILES string of the molecule is C=C(CCOC(C)C)C(N)=O. The molecule has 64 valence electrons. The molecule has 3 heteroatoms. The van der Waals surface area contributed by atoms with Crippen molar-refractivity contribution in [1.82, 2.24) is 0 Å². The van der Waals surface area contributed by atoms with Crippen molar-refractivity contribution in [3.63, 3.8) is 0 Å². The van der Waals surface area contributed by atoms with Gasteiger partial charge in [-0.15, -0.1) is 0 Å². The number of hydrogen-bond donors (Lipinski definition) is 1. The lowest BCUT2D eigenvalue weighted by atomic mass is 10.2. The number of primary amides is 1. The second-order valence-electron chi connectivity index (χ2n) is 2.64. The fourth-order valence-electron chi connectivity index (χ4n) is 0.541. The zero-order valence-corrected chi connectivity index (χ0v) is 7.09. The predicted molar refractivity (Wildman–Crippen MR) is 44.0 cm³/mol. The van der Waals surface area contributed by atoms with Crippen molar-refractivity contribution >= 4 is 5.91 Å². The van der Waals surface area contributed by atoms with E-state index < -0.39 is 5.91 Å². The van der Waals surface area contributed by atoms with E-state index in [0.29, 0.717) is 18.6 Å². The number of nitrogens with two attached hydrogens (primary N) is 1. The van der Waals surface area contributed by atoms with E-state index in [4.69, 9.17) is 10.5 Å². The highest BCUT2D eigenvalue weighted by atomic mass is 16.5. The fourth-order valence-corrected chi connectivity index (χ4v) is 0.541. The largest absolute Gasteiger partial charge is 0.378 e. The van der Waals surface area contributed by atoms with Crippen molar-refractivity contribution in [2.45, 2.75) is 26.4 Å². The van der Waals surface area contributed by atoms with E-state index in [9.17, 15) is 4.79 Å². The summed E-state index contributed by atoms with van der Waals surface area (Å²) in [5, 5.41) is 0. The normalized spacial score (nSPS) is 10.1. The molecular weight excluding hydrogens is 142 g/mol. The van der Waals surface area contributed by atoms with Crippen molar-refractivity contribution in [1.29, 1.82) is 0 Å². The fraction of sp³-hybridized carbons (Fsp3) is 0.625. The first-order chi connectivity index (χ1) is 5.04. The van der Waals surface area contributed by atoms with Gasteiger partial charge in [0.05, 0.1) is 12.7 Å². The van der Waals surface area contributed by atoms with E-state index in [1.807, 2.05) is 13.8 Å². The van der Waals surface area contributed by atoms with Crippen LogP contribution in [0.1, 0.15) is 20.3 Å². The van der Waals surface area contributed by atoms with Crippen LogP contribution in [0, 0.1) is 0 Å². The zero-order valence-electron chi connectivity index (χ0n) is 7.09. The summed E-state index contributed by atoms with van der Waals surface area (Å²) in [6.45, 7) is 7.88. The third-order valence-electron chi connectivity index (χ3n) is 1.20. The predicted octanol–water partition coefficient (Wildman–Crippen LogP) is 0.843. The Hall–Kier alpha value is -0.830. The Labute approximate surface area is 67.2 Å². The molecule has 3 nitrogen and oxygen atoms in total. The second kappa shape index (κ2) is 4.91. The maximum absolute atomic E-state index is 10.4. The second-order valence-corrected chi connectivity index (χ2v) is 2.64. The molecule has 0 fully saturated rings. The van der Waals surface area contributed by atoms with Crippen molar-refractivity contribution in [2.75, 3.05) is 6.61 Å². The molecule has 0 aromatic carbocycles. The number of hydrogen-bond acceptors (Lipinski definition) is 2. The number of amides is 1. The van der Waals surface area contributed by atoms with Crippen LogP contribution in [-0.4, -0.2) is 18.6 Å². The molecule has 2 N–H and O–H groups in total. The molecule has 0 aromatic rings. The maximum Gasteiger partial charge on any atom is 0.244 e. The van der Waals surface area contributed by atoms with E-state index >= 15 is 0 Å². The lowest BCUT2D eigenvalue weighted by molar-refractivity contribution is -0.114. The van der Waals surface area contributed by atoms with Gasteiger partial charge >= 0.3 is 0 Å². The standard InChI is InChI=1S/C8H15NO2/c1-6(2)11-5-4-7(3)8(9)10/h6H,3-5H2,1-2H3,(H2,9,10). The van der Waals surface area contributed by atoms with E-state index in [2.05, 4.69) is 6.58 Å². The lowest BCUT2D eigenvalue weighted by Gasteiger charge is -2.06. The van der Waals surface area contributed by atoms with Gasteiger partial charge in [0, 0.05) is 12.0 Å². The molecule has 0 unspecified atom stereocenters. The Balaban J connectivity index is 3.40. The molecule has 1 amide bonds. The van der Waals surface area contributed by atoms with E-state index in [1.54, 1.807) is 0 Å². The van der Waals surface area contributed by atoms with Gasteiger partial charge < -0.3 is 10.5 Å². The minimum atomic E-state index is -0.447. The van der Waals surface area contributed by atoms with Gasteiger partial charge in [0.2, 0.25) is 5.91 Å². The Kier molecular flexibility index (Phi) is 4.54. The van der Waals surface area contributed by atoms with Crippen LogP contribution >= 0.6 is 0 Å². The zero-order chi connectivity index (χ0) is 8.85. The van der Waals surface area contributed by atoms with E-state index in [-0.39, 0.29) is 6.10 Å². The third-order valence-corrected chi connectivity index (χ3v) is 1.20. The monoisotopic (exact) mass is 157 g/mol. The summed E-state index contributed by atoms with van der Waals surface area (Å²) in [4.78, 5) is 10.4. The van der Waals surface area contributed by atoms with Gasteiger partial charge in [0.15, 0.2) is 0 Å². The molecule has 0 saturated heterocycles. The first kappa shape index (κ1) is 10.2. The summed E-state index contributed by atoms with van der Waals surface area (Å²) in [5.74, 6) is -0.447. The maximum atomic E-state index is 10.4. The van der Waals surface area contributed by atoms with Gasteiger partial charge in [-0.2, -0.15) is 0 Å². The molecule has 0 aliphatic rings. The summed E-state index contributed by atoms with van der Waals surface area (Å²) >= 11 is 0. The Bertz CT molecular complexity index is 152. The summed E-state index contributed by atoms with van der Waals surface area (Å²) in [5.41, 5.74) is 5.38. The molecule has 0 atom stereocenters. The molecule has 0 bridgehead atoms. The first-order valence-corrected chi connectivity index (χ1v) is 3.63. The van der Waals surface area contributed by atoms with Crippen molar-refractivity contribution in [2.24, 2.45) is 5.73 Å². The lowest BCUT2D eigenvalue weighted by Crippen LogP contribution is -2.15. The first-order valence-electron chi connectivity index (χ1n) is 3.63. The van der Waals surface area contributed by atoms with Gasteiger partial charge in [0.1, 0.15) is 0 Å². The molecule has 0 aliphatic carbocycles. The van der Waals surface area contributed by atoms with Gasteiger partial charge in [-0.25, -0.2) is 0 Å². The average molecular weight is 157 g/mol. The van der Waals surface area contributed by atoms with Crippen LogP contribution in [0.3, 0.4) is 0 Å². The molecule has 0 saturated carbocycles. The Morgan fingerprint density at radius 1 is 1.64 bits per heavy atom. The molecule has 0 aliphatic heterocycles. The van der Waals surface area contributed by atoms with Crippen molar-refractivity contribution in [3.05, 3.63) is 12.2 Å². The number of rotatable bonds is 5. The summed E-state index contributed by atoms with van der Waals surface area (Å²) in [6, 6.07) is 0. The van der Waals surface area contributed by atoms with Crippen LogP contribution in [0.2, 0.25) is 0 Å². The van der Waals surface area contributed by atoms with Gasteiger partial charge in [0.25, 0.3) is 0 Å². The summed E-state index contributed by atoms with van der Waals surface area (Å²) in [7, 11) is 0. The quantitative estimate of drug-likeness (QED) is 0.601. The minimum absolute atomic E-state index is 0.190. The molecule has 0 aromatic heterocycles. The number of carbonyl (C=O) groups excluding carboxylic acids is 1. The van der Waals surface area contributed by atoms with Crippen LogP contribution in [-0.2, 0) is 9.53 Å².